The predicted molar refractivity (Wildman–Crippen MR) is 251 cm³/mol. The van der Waals surface area contributed by atoms with Gasteiger partial charge in [0.15, 0.2) is 6.10 Å². The monoisotopic (exact) mass is 805 g/mol. The Balaban J connectivity index is 3.53. The summed E-state index contributed by atoms with van der Waals surface area (Å²) in [5.41, 5.74) is 0. The smallest absolute Gasteiger partial charge is 0.306 e. The molecule has 0 aromatic carbocycles. The molecule has 0 spiro atoms. The van der Waals surface area contributed by atoms with Crippen LogP contribution in [0.2, 0.25) is 0 Å². The van der Waals surface area contributed by atoms with Crippen LogP contribution in [0.4, 0.5) is 0 Å². The first-order valence-electron chi connectivity index (χ1n) is 23.8. The van der Waals surface area contributed by atoms with Crippen molar-refractivity contribution >= 4 is 11.9 Å². The van der Waals surface area contributed by atoms with Crippen molar-refractivity contribution in [3.63, 3.8) is 0 Å². The Hall–Kier alpha value is -3.18. The summed E-state index contributed by atoms with van der Waals surface area (Å²) in [7, 11) is 0. The Morgan fingerprint density at radius 1 is 0.414 bits per heavy atom. The molecule has 5 heteroatoms. The van der Waals surface area contributed by atoms with Crippen LogP contribution >= 0.6 is 0 Å². The van der Waals surface area contributed by atoms with Crippen molar-refractivity contribution in [2.24, 2.45) is 0 Å². The largest absolute Gasteiger partial charge is 0.462 e. The van der Waals surface area contributed by atoms with Crippen molar-refractivity contribution in [1.29, 1.82) is 0 Å². The van der Waals surface area contributed by atoms with Gasteiger partial charge in [0.25, 0.3) is 0 Å². The predicted octanol–water partition coefficient (Wildman–Crippen LogP) is 15.6. The van der Waals surface area contributed by atoms with E-state index in [1.54, 1.807) is 0 Å². The lowest BCUT2D eigenvalue weighted by Crippen LogP contribution is -2.28. The number of allylic oxidation sites excluding steroid dienone is 16. The van der Waals surface area contributed by atoms with Gasteiger partial charge in [-0.05, 0) is 77.0 Å². The minimum atomic E-state index is -0.772. The summed E-state index contributed by atoms with van der Waals surface area (Å²) in [6, 6.07) is 0. The number of rotatable bonds is 42. The van der Waals surface area contributed by atoms with Crippen LogP contribution in [-0.2, 0) is 19.1 Å². The van der Waals surface area contributed by atoms with Gasteiger partial charge in [-0.15, -0.1) is 0 Å². The van der Waals surface area contributed by atoms with Gasteiger partial charge < -0.3 is 14.6 Å². The zero-order valence-corrected chi connectivity index (χ0v) is 37.5. The topological polar surface area (TPSA) is 72.8 Å². The first-order valence-corrected chi connectivity index (χ1v) is 23.8. The van der Waals surface area contributed by atoms with Crippen LogP contribution in [0.25, 0.3) is 0 Å². The number of unbranched alkanes of at least 4 members (excludes halogenated alkanes) is 18. The first-order chi connectivity index (χ1) is 28.6. The van der Waals surface area contributed by atoms with Gasteiger partial charge in [-0.1, -0.05) is 214 Å². The lowest BCUT2D eigenvalue weighted by atomic mass is 10.0. The van der Waals surface area contributed by atoms with Crippen LogP contribution in [0.5, 0.6) is 0 Å². The SMILES string of the molecule is CC/C=C\C/C=C\C/C=C\C/C=C\C/C=C\C/C=C\C/C=C\C/C=C\CCCCCCCCCCCCCCC(=O)OC(CO)COC(=O)CCCCCCCCC. The maximum absolute atomic E-state index is 12.2. The molecule has 0 fully saturated rings. The molecule has 0 heterocycles. The van der Waals surface area contributed by atoms with E-state index in [-0.39, 0.29) is 25.2 Å². The minimum absolute atomic E-state index is 0.0688. The highest BCUT2D eigenvalue weighted by molar-refractivity contribution is 5.70. The molecule has 1 N–H and O–H groups in total. The van der Waals surface area contributed by atoms with Gasteiger partial charge in [0.05, 0.1) is 6.61 Å². The molecule has 0 amide bonds. The third-order valence-electron chi connectivity index (χ3n) is 9.89. The van der Waals surface area contributed by atoms with E-state index in [0.29, 0.717) is 12.8 Å². The minimum Gasteiger partial charge on any atom is -0.462 e. The maximum Gasteiger partial charge on any atom is 0.306 e. The second-order valence-electron chi connectivity index (χ2n) is 15.5. The van der Waals surface area contributed by atoms with Gasteiger partial charge >= 0.3 is 11.9 Å². The fraction of sp³-hybridized carbons (Fsp3) is 0.660. The Bertz CT molecular complexity index is 1140. The van der Waals surface area contributed by atoms with E-state index < -0.39 is 6.10 Å². The summed E-state index contributed by atoms with van der Waals surface area (Å²) in [5.74, 6) is -0.603. The van der Waals surface area contributed by atoms with Gasteiger partial charge in [0, 0.05) is 12.8 Å². The zero-order valence-electron chi connectivity index (χ0n) is 37.5. The van der Waals surface area contributed by atoms with Crippen LogP contribution < -0.4 is 0 Å². The number of aliphatic hydroxyl groups is 1. The molecule has 0 saturated carbocycles. The normalized spacial score (nSPS) is 13.1. The van der Waals surface area contributed by atoms with Crippen molar-refractivity contribution in [2.45, 2.75) is 213 Å². The Labute approximate surface area is 358 Å². The molecule has 0 bridgehead atoms. The fourth-order valence-corrected chi connectivity index (χ4v) is 6.33. The van der Waals surface area contributed by atoms with Gasteiger partial charge in [0.1, 0.15) is 6.61 Å². The number of ether oxygens (including phenoxy) is 2. The molecule has 0 rings (SSSR count). The van der Waals surface area contributed by atoms with E-state index in [2.05, 4.69) is 111 Å². The molecular formula is C53H88O5. The van der Waals surface area contributed by atoms with E-state index in [9.17, 15) is 14.7 Å². The first kappa shape index (κ1) is 54.8. The summed E-state index contributed by atoms with van der Waals surface area (Å²) in [5, 5.41) is 9.53. The average Bonchev–Trinajstić information content (AvgIpc) is 3.23. The van der Waals surface area contributed by atoms with Gasteiger partial charge in [-0.3, -0.25) is 9.59 Å². The molecule has 0 aliphatic carbocycles. The molecule has 0 aliphatic heterocycles. The van der Waals surface area contributed by atoms with Crippen LogP contribution in [0.15, 0.2) is 97.2 Å². The van der Waals surface area contributed by atoms with Crippen molar-refractivity contribution in [3.8, 4) is 0 Å². The highest BCUT2D eigenvalue weighted by Gasteiger charge is 2.16. The third kappa shape index (κ3) is 45.5. The quantitative estimate of drug-likeness (QED) is 0.0378. The summed E-state index contributed by atoms with van der Waals surface area (Å²) >= 11 is 0. The molecule has 58 heavy (non-hydrogen) atoms. The van der Waals surface area contributed by atoms with Crippen LogP contribution in [0, 0.1) is 0 Å². The number of hydrogen-bond acceptors (Lipinski definition) is 5. The molecule has 1 unspecified atom stereocenters. The number of esters is 2. The molecule has 5 nitrogen and oxygen atoms in total. The van der Waals surface area contributed by atoms with Crippen molar-refractivity contribution in [2.75, 3.05) is 13.2 Å². The lowest BCUT2D eigenvalue weighted by Gasteiger charge is -2.15. The Morgan fingerprint density at radius 3 is 1.12 bits per heavy atom. The highest BCUT2D eigenvalue weighted by Crippen LogP contribution is 2.14. The van der Waals surface area contributed by atoms with E-state index >= 15 is 0 Å². The molecule has 0 saturated heterocycles. The Kier molecular flexibility index (Phi) is 45.5. The van der Waals surface area contributed by atoms with Crippen LogP contribution in [0.1, 0.15) is 206 Å². The molecule has 0 aliphatic rings. The maximum atomic E-state index is 12.2. The summed E-state index contributed by atoms with van der Waals surface area (Å²) in [6.07, 6.45) is 68.1. The van der Waals surface area contributed by atoms with Crippen LogP contribution in [0.3, 0.4) is 0 Å². The van der Waals surface area contributed by atoms with Gasteiger partial charge in [-0.25, -0.2) is 0 Å². The summed E-state index contributed by atoms with van der Waals surface area (Å²) < 4.78 is 10.6. The lowest BCUT2D eigenvalue weighted by molar-refractivity contribution is -0.161. The number of hydrogen-bond donors (Lipinski definition) is 1. The number of carbonyl (C=O) groups is 2. The molecule has 1 atom stereocenters. The second kappa shape index (κ2) is 48.2. The standard InChI is InChI=1S/C53H88O5/c1-3-5-7-9-11-12-13-14-15-16-17-18-19-20-21-22-23-24-25-26-27-28-29-30-31-32-33-34-35-36-37-38-39-40-42-44-46-48-53(56)58-51(49-54)50-57-52(55)47-45-43-41-10-8-6-4-2/h5,7,11-12,14-15,17-18,20-21,23-24,26-27,29-30,51,54H,3-4,6,8-10,13,16,19,22,25,28,31-50H2,1-2H3/b7-5-,12-11-,15-14-,18-17-,21-20-,24-23-,27-26-,30-29-. The van der Waals surface area contributed by atoms with Crippen LogP contribution in [-0.4, -0.2) is 36.4 Å². The highest BCUT2D eigenvalue weighted by atomic mass is 16.6. The third-order valence-corrected chi connectivity index (χ3v) is 9.89. The molecule has 0 aromatic heterocycles. The molecule has 330 valence electrons. The molecule has 0 aromatic rings. The van der Waals surface area contributed by atoms with E-state index in [4.69, 9.17) is 9.47 Å². The summed E-state index contributed by atoms with van der Waals surface area (Å²) in [4.78, 5) is 24.1. The van der Waals surface area contributed by atoms with E-state index in [1.807, 2.05) is 0 Å². The number of carbonyl (C=O) groups excluding carboxylic acids is 2. The van der Waals surface area contributed by atoms with Gasteiger partial charge in [0.2, 0.25) is 0 Å². The van der Waals surface area contributed by atoms with E-state index in [1.165, 1.54) is 89.9 Å². The second-order valence-corrected chi connectivity index (χ2v) is 15.5. The van der Waals surface area contributed by atoms with E-state index in [0.717, 1.165) is 89.9 Å². The van der Waals surface area contributed by atoms with Crippen molar-refractivity contribution in [3.05, 3.63) is 97.2 Å². The van der Waals surface area contributed by atoms with Crippen molar-refractivity contribution < 1.29 is 24.2 Å². The summed E-state index contributed by atoms with van der Waals surface area (Å²) in [6.45, 7) is 3.97. The average molecular weight is 805 g/mol. The van der Waals surface area contributed by atoms with Crippen molar-refractivity contribution in [1.82, 2.24) is 0 Å². The van der Waals surface area contributed by atoms with Gasteiger partial charge in [-0.2, -0.15) is 0 Å². The zero-order chi connectivity index (χ0) is 42.1. The molecular weight excluding hydrogens is 717 g/mol. The number of aliphatic hydroxyl groups excluding tert-OH is 1. The Morgan fingerprint density at radius 2 is 0.741 bits per heavy atom. The fourth-order valence-electron chi connectivity index (χ4n) is 6.33. The molecule has 0 radical (unpaired) electrons.